The highest BCUT2D eigenvalue weighted by molar-refractivity contribution is 5.90. The molecule has 0 amide bonds. The van der Waals surface area contributed by atoms with Gasteiger partial charge in [-0.05, 0) is 55.5 Å². The first-order chi connectivity index (χ1) is 12.3. The number of anilines is 2. The van der Waals surface area contributed by atoms with E-state index < -0.39 is 0 Å². The number of halogens is 1. The molecule has 0 fully saturated rings. The zero-order valence-electron chi connectivity index (χ0n) is 14.6. The van der Waals surface area contributed by atoms with Crippen molar-refractivity contribution in [1.29, 1.82) is 0 Å². The summed E-state index contributed by atoms with van der Waals surface area (Å²) in [5.74, 6) is 1.31. The molecule has 4 rings (SSSR count). The van der Waals surface area contributed by atoms with Gasteiger partial charge in [0, 0.05) is 35.2 Å². The number of ether oxygens (including phenoxy) is 1. The first-order valence-corrected chi connectivity index (χ1v) is 7.96. The molecule has 0 aliphatic carbocycles. The first-order valence-electron chi connectivity index (χ1n) is 7.96. The fourth-order valence-electron chi connectivity index (χ4n) is 2.52. The highest BCUT2D eigenvalue weighted by atomic mass is 35.5. The minimum absolute atomic E-state index is 0. The van der Waals surface area contributed by atoms with Gasteiger partial charge in [-0.1, -0.05) is 6.07 Å². The summed E-state index contributed by atoms with van der Waals surface area (Å²) in [4.78, 5) is 12.9. The second-order valence-corrected chi connectivity index (χ2v) is 5.60. The summed E-state index contributed by atoms with van der Waals surface area (Å²) in [5.41, 5.74) is 3.62. The van der Waals surface area contributed by atoms with Crippen molar-refractivity contribution in [1.82, 2.24) is 15.0 Å². The Balaban J connectivity index is 0.00000131. The van der Waals surface area contributed by atoms with Crippen LogP contribution in [0.15, 0.2) is 73.1 Å². The van der Waals surface area contributed by atoms with Crippen molar-refractivity contribution in [2.24, 2.45) is 0 Å². The molecule has 0 bridgehead atoms. The van der Waals surface area contributed by atoms with E-state index in [9.17, 15) is 0 Å². The molecule has 0 radical (unpaired) electrons. The van der Waals surface area contributed by atoms with Crippen molar-refractivity contribution >= 4 is 34.8 Å². The maximum absolute atomic E-state index is 5.71. The van der Waals surface area contributed by atoms with Crippen molar-refractivity contribution in [3.8, 4) is 11.6 Å². The van der Waals surface area contributed by atoms with Crippen LogP contribution in [0.5, 0.6) is 11.6 Å². The largest absolute Gasteiger partial charge is 0.439 e. The van der Waals surface area contributed by atoms with Crippen molar-refractivity contribution in [3.63, 3.8) is 0 Å². The Kier molecular flexibility index (Phi) is 6.65. The number of hydrogen-bond acceptors (Lipinski definition) is 5. The third-order valence-electron chi connectivity index (χ3n) is 3.74. The standard InChI is InChI=1S/C20H16N4O.ClH.H2O/c1-14-5-10-17-18(11-13-22-20(17)23-14)24-15-6-8-16(9-7-15)25-19-4-2-3-12-21-19;;/h2-13H,1H3,(H,22,23,24);1H;1H2. The van der Waals surface area contributed by atoms with Crippen LogP contribution in [0.2, 0.25) is 0 Å². The highest BCUT2D eigenvalue weighted by Crippen LogP contribution is 2.26. The Labute approximate surface area is 163 Å². The smallest absolute Gasteiger partial charge is 0.219 e. The molecule has 0 saturated heterocycles. The number of hydrogen-bond donors (Lipinski definition) is 1. The minimum atomic E-state index is 0. The number of aryl methyl sites for hydroxylation is 1. The van der Waals surface area contributed by atoms with E-state index in [4.69, 9.17) is 4.74 Å². The monoisotopic (exact) mass is 382 g/mol. The number of nitrogens with one attached hydrogen (secondary N) is 1. The van der Waals surface area contributed by atoms with Crippen LogP contribution in [0.25, 0.3) is 11.0 Å². The summed E-state index contributed by atoms with van der Waals surface area (Å²) in [7, 11) is 0. The van der Waals surface area contributed by atoms with Gasteiger partial charge in [0.25, 0.3) is 0 Å². The Morgan fingerprint density at radius 1 is 0.852 bits per heavy atom. The third kappa shape index (κ3) is 4.69. The lowest BCUT2D eigenvalue weighted by atomic mass is 10.2. The first kappa shape index (κ1) is 20.1. The lowest BCUT2D eigenvalue weighted by molar-refractivity contribution is 0.463. The Hall–Kier alpha value is -3.22. The molecular weight excluding hydrogens is 364 g/mol. The van der Waals surface area contributed by atoms with Gasteiger partial charge in [-0.25, -0.2) is 15.0 Å². The molecule has 0 aliphatic rings. The van der Waals surface area contributed by atoms with E-state index in [0.717, 1.165) is 33.9 Å². The fraction of sp³-hybridized carbons (Fsp3) is 0.0500. The van der Waals surface area contributed by atoms with E-state index >= 15 is 0 Å². The van der Waals surface area contributed by atoms with Gasteiger partial charge in [-0.3, -0.25) is 0 Å². The maximum atomic E-state index is 5.71. The van der Waals surface area contributed by atoms with Crippen molar-refractivity contribution in [3.05, 3.63) is 78.8 Å². The predicted molar refractivity (Wildman–Crippen MR) is 109 cm³/mol. The van der Waals surface area contributed by atoms with Crippen LogP contribution in [0.1, 0.15) is 5.69 Å². The quantitative estimate of drug-likeness (QED) is 0.562. The number of fused-ring (bicyclic) bond motifs is 1. The lowest BCUT2D eigenvalue weighted by Crippen LogP contribution is -1.95. The summed E-state index contributed by atoms with van der Waals surface area (Å²) in [6.07, 6.45) is 3.46. The van der Waals surface area contributed by atoms with Crippen molar-refractivity contribution < 1.29 is 10.2 Å². The van der Waals surface area contributed by atoms with Gasteiger partial charge in [0.05, 0.1) is 5.69 Å². The van der Waals surface area contributed by atoms with Gasteiger partial charge in [-0.15, -0.1) is 12.4 Å². The van der Waals surface area contributed by atoms with E-state index in [1.54, 1.807) is 12.4 Å². The molecular formula is C20H19ClN4O2. The summed E-state index contributed by atoms with van der Waals surface area (Å²) < 4.78 is 5.71. The third-order valence-corrected chi connectivity index (χ3v) is 3.74. The van der Waals surface area contributed by atoms with Crippen LogP contribution in [0, 0.1) is 6.92 Å². The normalized spacial score (nSPS) is 9.81. The number of rotatable bonds is 4. The zero-order valence-corrected chi connectivity index (χ0v) is 15.4. The molecule has 27 heavy (non-hydrogen) atoms. The van der Waals surface area contributed by atoms with E-state index in [2.05, 4.69) is 20.3 Å². The molecule has 4 aromatic rings. The molecule has 138 valence electrons. The van der Waals surface area contributed by atoms with E-state index in [-0.39, 0.29) is 17.9 Å². The number of benzene rings is 1. The van der Waals surface area contributed by atoms with Gasteiger partial charge in [0.1, 0.15) is 5.75 Å². The summed E-state index contributed by atoms with van der Waals surface area (Å²) in [6, 6.07) is 19.3. The van der Waals surface area contributed by atoms with Gasteiger partial charge < -0.3 is 15.5 Å². The predicted octanol–water partition coefficient (Wildman–Crippen LogP) is 4.47. The number of pyridine rings is 3. The maximum Gasteiger partial charge on any atom is 0.219 e. The van der Waals surface area contributed by atoms with Crippen LogP contribution in [0.4, 0.5) is 11.4 Å². The highest BCUT2D eigenvalue weighted by Gasteiger charge is 2.04. The molecule has 3 N–H and O–H groups in total. The van der Waals surface area contributed by atoms with Crippen LogP contribution in [0.3, 0.4) is 0 Å². The average molecular weight is 383 g/mol. The number of aromatic nitrogens is 3. The lowest BCUT2D eigenvalue weighted by Gasteiger charge is -2.10. The molecule has 3 heterocycles. The van der Waals surface area contributed by atoms with Crippen LogP contribution in [-0.4, -0.2) is 20.4 Å². The zero-order chi connectivity index (χ0) is 17.1. The van der Waals surface area contributed by atoms with E-state index in [1.807, 2.05) is 67.6 Å². The Morgan fingerprint density at radius 3 is 2.41 bits per heavy atom. The van der Waals surface area contributed by atoms with Crippen LogP contribution < -0.4 is 10.1 Å². The second-order valence-electron chi connectivity index (χ2n) is 5.60. The van der Waals surface area contributed by atoms with Crippen molar-refractivity contribution in [2.75, 3.05) is 5.32 Å². The molecule has 0 atom stereocenters. The van der Waals surface area contributed by atoms with Gasteiger partial charge in [0.15, 0.2) is 5.65 Å². The Bertz CT molecular complexity index is 1010. The van der Waals surface area contributed by atoms with Crippen LogP contribution in [-0.2, 0) is 0 Å². The fourth-order valence-corrected chi connectivity index (χ4v) is 2.52. The molecule has 0 saturated carbocycles. The van der Waals surface area contributed by atoms with Gasteiger partial charge in [0.2, 0.25) is 5.88 Å². The summed E-state index contributed by atoms with van der Waals surface area (Å²) in [5, 5.41) is 4.39. The minimum Gasteiger partial charge on any atom is -0.439 e. The molecule has 0 spiro atoms. The topological polar surface area (TPSA) is 91.4 Å². The van der Waals surface area contributed by atoms with E-state index in [1.165, 1.54) is 0 Å². The molecule has 6 nitrogen and oxygen atoms in total. The summed E-state index contributed by atoms with van der Waals surface area (Å²) >= 11 is 0. The second kappa shape index (κ2) is 8.93. The SMILES string of the molecule is Cc1ccc2c(Nc3ccc(Oc4ccccn4)cc3)ccnc2n1.Cl.O. The van der Waals surface area contributed by atoms with Crippen molar-refractivity contribution in [2.45, 2.75) is 6.92 Å². The van der Waals surface area contributed by atoms with E-state index in [0.29, 0.717) is 5.88 Å². The number of nitrogens with zero attached hydrogens (tertiary/aromatic N) is 3. The molecule has 0 unspecified atom stereocenters. The summed E-state index contributed by atoms with van der Waals surface area (Å²) in [6.45, 7) is 1.96. The van der Waals surface area contributed by atoms with Gasteiger partial charge >= 0.3 is 0 Å². The molecule has 3 aromatic heterocycles. The van der Waals surface area contributed by atoms with Crippen LogP contribution >= 0.6 is 12.4 Å². The Morgan fingerprint density at radius 2 is 1.67 bits per heavy atom. The average Bonchev–Trinajstić information content (AvgIpc) is 2.64. The molecule has 0 aliphatic heterocycles. The molecule has 7 heteroatoms. The van der Waals surface area contributed by atoms with Gasteiger partial charge in [-0.2, -0.15) is 0 Å². The molecule has 1 aromatic carbocycles.